The van der Waals surface area contributed by atoms with Gasteiger partial charge in [0.15, 0.2) is 6.61 Å². The van der Waals surface area contributed by atoms with Gasteiger partial charge in [-0.2, -0.15) is 0 Å². The minimum Gasteiger partial charge on any atom is -0.452 e. The third kappa shape index (κ3) is 7.41. The van der Waals surface area contributed by atoms with E-state index in [9.17, 15) is 19.7 Å². The highest BCUT2D eigenvalue weighted by Crippen LogP contribution is 2.14. The number of amides is 1. The molecule has 2 aromatic carbocycles. The monoisotopic (exact) mass is 382 g/mol. The zero-order chi connectivity index (χ0) is 20.4. The molecule has 0 saturated heterocycles. The first-order valence-electron chi connectivity index (χ1n) is 8.86. The lowest BCUT2D eigenvalue weighted by Crippen LogP contribution is -2.36. The van der Waals surface area contributed by atoms with E-state index in [0.29, 0.717) is 5.56 Å². The maximum Gasteiger partial charge on any atom is 0.331 e. The second kappa shape index (κ2) is 10.6. The van der Waals surface area contributed by atoms with Gasteiger partial charge in [-0.25, -0.2) is 4.79 Å². The van der Waals surface area contributed by atoms with Gasteiger partial charge in [-0.3, -0.25) is 14.9 Å². The summed E-state index contributed by atoms with van der Waals surface area (Å²) in [6.07, 6.45) is 4.14. The fraction of sp³-hybridized carbons (Fsp3) is 0.238. The van der Waals surface area contributed by atoms with Gasteiger partial charge in [0.1, 0.15) is 0 Å². The Morgan fingerprint density at radius 2 is 1.93 bits per heavy atom. The Balaban J connectivity index is 1.72. The minimum absolute atomic E-state index is 0.0492. The van der Waals surface area contributed by atoms with Crippen molar-refractivity contribution < 1.29 is 19.2 Å². The van der Waals surface area contributed by atoms with Crippen LogP contribution in [0.4, 0.5) is 5.69 Å². The molecule has 146 valence electrons. The third-order valence-corrected chi connectivity index (χ3v) is 3.95. The molecular weight excluding hydrogens is 360 g/mol. The van der Waals surface area contributed by atoms with Crippen LogP contribution in [0.15, 0.2) is 60.7 Å². The SMILES string of the molecule is C[C@@H](CCc1ccccc1)NC(=O)COC(=O)/C=C/c1cccc([N+](=O)[O-])c1. The summed E-state index contributed by atoms with van der Waals surface area (Å²) in [5.41, 5.74) is 1.62. The number of hydrogen-bond acceptors (Lipinski definition) is 5. The molecule has 7 heteroatoms. The first-order chi connectivity index (χ1) is 13.4. The molecule has 1 amide bonds. The Morgan fingerprint density at radius 3 is 2.64 bits per heavy atom. The summed E-state index contributed by atoms with van der Waals surface area (Å²) in [6.45, 7) is 1.51. The predicted octanol–water partition coefficient (Wildman–Crippen LogP) is 3.29. The number of nitro groups is 1. The first-order valence-corrected chi connectivity index (χ1v) is 8.86. The van der Waals surface area contributed by atoms with Crippen LogP contribution in [0.25, 0.3) is 6.08 Å². The van der Waals surface area contributed by atoms with Crippen molar-refractivity contribution in [1.29, 1.82) is 0 Å². The average molecular weight is 382 g/mol. The van der Waals surface area contributed by atoms with Crippen molar-refractivity contribution in [2.75, 3.05) is 6.61 Å². The van der Waals surface area contributed by atoms with Gasteiger partial charge in [-0.05, 0) is 37.0 Å². The van der Waals surface area contributed by atoms with Crippen LogP contribution in [0.3, 0.4) is 0 Å². The van der Waals surface area contributed by atoms with Crippen LogP contribution in [0.1, 0.15) is 24.5 Å². The summed E-state index contributed by atoms with van der Waals surface area (Å²) < 4.78 is 4.90. The molecule has 0 saturated carbocycles. The quantitative estimate of drug-likeness (QED) is 0.311. The number of non-ortho nitro benzene ring substituents is 1. The molecule has 0 aliphatic carbocycles. The highest BCUT2D eigenvalue weighted by atomic mass is 16.6. The van der Waals surface area contributed by atoms with E-state index >= 15 is 0 Å². The molecule has 28 heavy (non-hydrogen) atoms. The van der Waals surface area contributed by atoms with Gasteiger partial charge < -0.3 is 10.1 Å². The molecule has 0 unspecified atom stereocenters. The van der Waals surface area contributed by atoms with Crippen molar-refractivity contribution in [1.82, 2.24) is 5.32 Å². The average Bonchev–Trinajstić information content (AvgIpc) is 2.70. The van der Waals surface area contributed by atoms with Gasteiger partial charge in [0, 0.05) is 24.3 Å². The molecule has 0 aliphatic rings. The predicted molar refractivity (Wildman–Crippen MR) is 105 cm³/mol. The number of aryl methyl sites for hydroxylation is 1. The maximum atomic E-state index is 11.9. The number of nitrogens with zero attached hydrogens (tertiary/aromatic N) is 1. The minimum atomic E-state index is -0.696. The van der Waals surface area contributed by atoms with Crippen LogP contribution in [0, 0.1) is 10.1 Å². The fourth-order valence-electron chi connectivity index (χ4n) is 2.51. The van der Waals surface area contributed by atoms with E-state index in [1.165, 1.54) is 29.8 Å². The van der Waals surface area contributed by atoms with Gasteiger partial charge in [0.05, 0.1) is 4.92 Å². The Hall–Kier alpha value is -3.48. The van der Waals surface area contributed by atoms with E-state index in [1.54, 1.807) is 6.07 Å². The van der Waals surface area contributed by atoms with Crippen molar-refractivity contribution >= 4 is 23.6 Å². The van der Waals surface area contributed by atoms with E-state index in [2.05, 4.69) is 5.32 Å². The molecule has 0 fully saturated rings. The van der Waals surface area contributed by atoms with Gasteiger partial charge in [0.25, 0.3) is 11.6 Å². The molecule has 7 nitrogen and oxygen atoms in total. The van der Waals surface area contributed by atoms with Crippen LogP contribution in [0.2, 0.25) is 0 Å². The molecule has 1 N–H and O–H groups in total. The zero-order valence-corrected chi connectivity index (χ0v) is 15.5. The molecule has 2 rings (SSSR count). The highest BCUT2D eigenvalue weighted by molar-refractivity contribution is 5.89. The number of ether oxygens (including phenoxy) is 1. The van der Waals surface area contributed by atoms with Crippen LogP contribution in [0.5, 0.6) is 0 Å². The van der Waals surface area contributed by atoms with Crippen LogP contribution < -0.4 is 5.32 Å². The normalized spacial score (nSPS) is 11.8. The number of hydrogen-bond donors (Lipinski definition) is 1. The van der Waals surface area contributed by atoms with Gasteiger partial charge in [-0.1, -0.05) is 42.5 Å². The number of nitrogens with one attached hydrogen (secondary N) is 1. The van der Waals surface area contributed by atoms with Gasteiger partial charge in [-0.15, -0.1) is 0 Å². The van der Waals surface area contributed by atoms with E-state index in [-0.39, 0.29) is 24.2 Å². The molecule has 0 radical (unpaired) electrons. The summed E-state index contributed by atoms with van der Waals surface area (Å²) in [5.74, 6) is -1.07. The second-order valence-electron chi connectivity index (χ2n) is 6.29. The highest BCUT2D eigenvalue weighted by Gasteiger charge is 2.10. The number of rotatable bonds is 9. The van der Waals surface area contributed by atoms with Crippen molar-refractivity contribution in [3.63, 3.8) is 0 Å². The molecule has 0 heterocycles. The van der Waals surface area contributed by atoms with E-state index in [0.717, 1.165) is 18.9 Å². The summed E-state index contributed by atoms with van der Waals surface area (Å²) in [7, 11) is 0. The summed E-state index contributed by atoms with van der Waals surface area (Å²) in [6, 6.07) is 15.8. The molecular formula is C21H22N2O5. The number of carbonyl (C=O) groups excluding carboxylic acids is 2. The molecule has 0 aromatic heterocycles. The van der Waals surface area contributed by atoms with Crippen molar-refractivity contribution in [2.45, 2.75) is 25.8 Å². The zero-order valence-electron chi connectivity index (χ0n) is 15.5. The number of benzene rings is 2. The summed E-state index contributed by atoms with van der Waals surface area (Å²) in [4.78, 5) is 33.8. The lowest BCUT2D eigenvalue weighted by Gasteiger charge is -2.13. The Morgan fingerprint density at radius 1 is 1.18 bits per heavy atom. The van der Waals surface area contributed by atoms with E-state index in [1.807, 2.05) is 37.3 Å². The van der Waals surface area contributed by atoms with Crippen molar-refractivity contribution in [2.24, 2.45) is 0 Å². The topological polar surface area (TPSA) is 98.5 Å². The lowest BCUT2D eigenvalue weighted by molar-refractivity contribution is -0.384. The van der Waals surface area contributed by atoms with Gasteiger partial charge in [0.2, 0.25) is 0 Å². The van der Waals surface area contributed by atoms with Crippen LogP contribution >= 0.6 is 0 Å². The Kier molecular flexibility index (Phi) is 7.90. The van der Waals surface area contributed by atoms with Crippen molar-refractivity contribution in [3.05, 3.63) is 81.9 Å². The van der Waals surface area contributed by atoms with Gasteiger partial charge >= 0.3 is 5.97 Å². The van der Waals surface area contributed by atoms with Crippen LogP contribution in [-0.2, 0) is 20.7 Å². The Bertz CT molecular complexity index is 849. The van der Waals surface area contributed by atoms with E-state index < -0.39 is 10.9 Å². The van der Waals surface area contributed by atoms with Crippen LogP contribution in [-0.4, -0.2) is 29.4 Å². The smallest absolute Gasteiger partial charge is 0.331 e. The fourth-order valence-corrected chi connectivity index (χ4v) is 2.51. The first kappa shape index (κ1) is 20.8. The summed E-state index contributed by atoms with van der Waals surface area (Å²) >= 11 is 0. The maximum absolute atomic E-state index is 11.9. The molecule has 0 bridgehead atoms. The van der Waals surface area contributed by atoms with E-state index in [4.69, 9.17) is 4.74 Å². The molecule has 0 spiro atoms. The molecule has 1 atom stereocenters. The standard InChI is InChI=1S/C21H22N2O5/c1-16(10-11-17-6-3-2-4-7-17)22-20(24)15-28-21(25)13-12-18-8-5-9-19(14-18)23(26)27/h2-9,12-14,16H,10-11,15H2,1H3,(H,22,24)/b13-12+/t16-/m0/s1. The number of nitro benzene ring substituents is 1. The number of carbonyl (C=O) groups is 2. The molecule has 0 aliphatic heterocycles. The second-order valence-corrected chi connectivity index (χ2v) is 6.29. The van der Waals surface area contributed by atoms with Crippen molar-refractivity contribution in [3.8, 4) is 0 Å². The number of esters is 1. The summed E-state index contributed by atoms with van der Waals surface area (Å²) in [5, 5.41) is 13.5. The largest absolute Gasteiger partial charge is 0.452 e. The Labute approximate surface area is 163 Å². The lowest BCUT2D eigenvalue weighted by atomic mass is 10.1. The molecule has 2 aromatic rings. The third-order valence-electron chi connectivity index (χ3n) is 3.95.